The van der Waals surface area contributed by atoms with Crippen LogP contribution in [0.5, 0.6) is 17.4 Å². The molecule has 10 heteroatoms. The maximum absolute atomic E-state index is 11.4. The molecule has 1 atom stereocenters. The third-order valence-corrected chi connectivity index (χ3v) is 4.88. The molecule has 0 bridgehead atoms. The van der Waals surface area contributed by atoms with Crippen LogP contribution in [0.25, 0.3) is 0 Å². The summed E-state index contributed by atoms with van der Waals surface area (Å²) in [5, 5.41) is 38.3. The lowest BCUT2D eigenvalue weighted by Gasteiger charge is -2.24. The number of aromatic nitrogens is 2. The van der Waals surface area contributed by atoms with E-state index in [1.165, 1.54) is 19.2 Å². The van der Waals surface area contributed by atoms with E-state index in [9.17, 15) is 20.5 Å². The number of hydrogen-bond donors (Lipinski definition) is 3. The monoisotopic (exact) mass is 399 g/mol. The van der Waals surface area contributed by atoms with Gasteiger partial charge >= 0.3 is 5.69 Å². The number of fused-ring (bicyclic) bond motifs is 1. The van der Waals surface area contributed by atoms with Gasteiger partial charge in [0.15, 0.2) is 5.75 Å². The SMILES string of the molecule is CCCCCc1[nH]nc2c1C(c1cc(OC)c(O)c([N+](=O)[O-])c1)C(C#N)=C(N)O2. The Bertz CT molecular complexity index is 1020. The van der Waals surface area contributed by atoms with Crippen LogP contribution in [-0.4, -0.2) is 27.3 Å². The molecule has 29 heavy (non-hydrogen) atoms. The van der Waals surface area contributed by atoms with Gasteiger partial charge in [0.05, 0.1) is 18.0 Å². The van der Waals surface area contributed by atoms with E-state index in [4.69, 9.17) is 15.2 Å². The first-order valence-corrected chi connectivity index (χ1v) is 9.12. The van der Waals surface area contributed by atoms with E-state index < -0.39 is 22.3 Å². The molecule has 0 radical (unpaired) electrons. The lowest BCUT2D eigenvalue weighted by molar-refractivity contribution is -0.386. The van der Waals surface area contributed by atoms with Crippen LogP contribution < -0.4 is 15.2 Å². The maximum Gasteiger partial charge on any atom is 0.314 e. The Kier molecular flexibility index (Phi) is 5.59. The molecule has 2 aromatic rings. The summed E-state index contributed by atoms with van der Waals surface area (Å²) in [5.41, 5.74) is 7.25. The molecular formula is C19H21N5O5. The number of aryl methyl sites for hydroxylation is 1. The minimum Gasteiger partial charge on any atom is -0.500 e. The Morgan fingerprint density at radius 3 is 2.86 bits per heavy atom. The molecule has 0 saturated heterocycles. The van der Waals surface area contributed by atoms with Gasteiger partial charge in [-0.15, -0.1) is 5.10 Å². The Morgan fingerprint density at radius 2 is 2.24 bits per heavy atom. The number of nitriles is 1. The molecule has 0 spiro atoms. The van der Waals surface area contributed by atoms with Gasteiger partial charge in [0, 0.05) is 17.3 Å². The summed E-state index contributed by atoms with van der Waals surface area (Å²) in [6.07, 6.45) is 3.62. The zero-order valence-corrected chi connectivity index (χ0v) is 16.1. The standard InChI is InChI=1S/C19H21N5O5/c1-3-4-5-6-12-16-15(11(9-20)18(21)29-19(16)23-22-12)10-7-13(24(26)27)17(25)14(8-10)28-2/h7-8,15,25H,3-6,21H2,1-2H3,(H,22,23). The minimum absolute atomic E-state index is 0.0749. The second kappa shape index (κ2) is 8.10. The first-order chi connectivity index (χ1) is 13.9. The van der Waals surface area contributed by atoms with Gasteiger partial charge in [0.25, 0.3) is 0 Å². The fraction of sp³-hybridized carbons (Fsp3) is 0.368. The third kappa shape index (κ3) is 3.54. The quantitative estimate of drug-likeness (QED) is 0.364. The number of aromatic hydroxyl groups is 1. The lowest BCUT2D eigenvalue weighted by atomic mass is 9.83. The number of aromatic amines is 1. The van der Waals surface area contributed by atoms with Gasteiger partial charge < -0.3 is 20.3 Å². The smallest absolute Gasteiger partial charge is 0.314 e. The van der Waals surface area contributed by atoms with E-state index in [1.54, 1.807) is 0 Å². The van der Waals surface area contributed by atoms with Gasteiger partial charge in [-0.05, 0) is 24.5 Å². The van der Waals surface area contributed by atoms with Crippen molar-refractivity contribution < 1.29 is 19.5 Å². The third-order valence-electron chi connectivity index (χ3n) is 4.88. The summed E-state index contributed by atoms with van der Waals surface area (Å²) >= 11 is 0. The molecule has 1 aromatic carbocycles. The van der Waals surface area contributed by atoms with Crippen LogP contribution in [0.15, 0.2) is 23.6 Å². The summed E-state index contributed by atoms with van der Waals surface area (Å²) in [7, 11) is 1.29. The van der Waals surface area contributed by atoms with Gasteiger partial charge in [-0.2, -0.15) is 5.26 Å². The average Bonchev–Trinajstić information content (AvgIpc) is 3.09. The van der Waals surface area contributed by atoms with Gasteiger partial charge in [-0.25, -0.2) is 0 Å². The zero-order valence-electron chi connectivity index (χ0n) is 16.1. The van der Waals surface area contributed by atoms with Crippen LogP contribution in [-0.2, 0) is 6.42 Å². The van der Waals surface area contributed by atoms with E-state index in [0.29, 0.717) is 17.5 Å². The van der Waals surface area contributed by atoms with Crippen molar-refractivity contribution in [3.63, 3.8) is 0 Å². The van der Waals surface area contributed by atoms with Crippen molar-refractivity contribution in [2.45, 2.75) is 38.5 Å². The average molecular weight is 399 g/mol. The molecule has 0 fully saturated rings. The Labute approximate surface area is 166 Å². The highest BCUT2D eigenvalue weighted by Gasteiger charge is 2.37. The largest absolute Gasteiger partial charge is 0.500 e. The molecule has 2 heterocycles. The summed E-state index contributed by atoms with van der Waals surface area (Å²) in [6, 6.07) is 4.71. The Balaban J connectivity index is 2.20. The van der Waals surface area contributed by atoms with Crippen LogP contribution in [0.1, 0.15) is 48.9 Å². The summed E-state index contributed by atoms with van der Waals surface area (Å²) in [4.78, 5) is 10.7. The fourth-order valence-corrected chi connectivity index (χ4v) is 3.46. The maximum atomic E-state index is 11.4. The van der Waals surface area contributed by atoms with Crippen LogP contribution in [0, 0.1) is 21.4 Å². The molecule has 0 saturated carbocycles. The molecule has 1 aliphatic heterocycles. The number of nitrogens with one attached hydrogen (secondary N) is 1. The first kappa shape index (κ1) is 20.0. The number of benzene rings is 1. The molecule has 1 aliphatic rings. The molecular weight excluding hydrogens is 378 g/mol. The van der Waals surface area contributed by atoms with Crippen LogP contribution in [0.3, 0.4) is 0 Å². The number of phenols is 1. The number of methoxy groups -OCH3 is 1. The fourth-order valence-electron chi connectivity index (χ4n) is 3.46. The van der Waals surface area contributed by atoms with Crippen molar-refractivity contribution in [1.29, 1.82) is 5.26 Å². The van der Waals surface area contributed by atoms with Crippen molar-refractivity contribution >= 4 is 5.69 Å². The topological polar surface area (TPSA) is 160 Å². The van der Waals surface area contributed by atoms with Crippen LogP contribution in [0.4, 0.5) is 5.69 Å². The normalized spacial score (nSPS) is 15.4. The van der Waals surface area contributed by atoms with E-state index in [0.717, 1.165) is 25.0 Å². The van der Waals surface area contributed by atoms with Crippen molar-refractivity contribution in [3.8, 4) is 23.4 Å². The van der Waals surface area contributed by atoms with E-state index in [-0.39, 0.29) is 23.1 Å². The number of H-pyrrole nitrogens is 1. The molecule has 4 N–H and O–H groups in total. The van der Waals surface area contributed by atoms with Crippen LogP contribution >= 0.6 is 0 Å². The number of phenolic OH excluding ortho intramolecular Hbond substituents is 1. The van der Waals surface area contributed by atoms with Gasteiger partial charge in [0.2, 0.25) is 17.5 Å². The number of ether oxygens (including phenoxy) is 2. The molecule has 10 nitrogen and oxygen atoms in total. The Morgan fingerprint density at radius 1 is 1.48 bits per heavy atom. The van der Waals surface area contributed by atoms with Gasteiger partial charge in [-0.3, -0.25) is 15.2 Å². The molecule has 3 rings (SSSR count). The highest BCUT2D eigenvalue weighted by molar-refractivity contribution is 5.63. The summed E-state index contributed by atoms with van der Waals surface area (Å²) < 4.78 is 10.6. The minimum atomic E-state index is -0.743. The van der Waals surface area contributed by atoms with Crippen molar-refractivity contribution in [2.75, 3.05) is 7.11 Å². The van der Waals surface area contributed by atoms with Crippen molar-refractivity contribution in [1.82, 2.24) is 10.2 Å². The predicted octanol–water partition coefficient (Wildman–Crippen LogP) is 2.98. The summed E-state index contributed by atoms with van der Waals surface area (Å²) in [5.74, 6) is -1.29. The number of allylic oxidation sites excluding steroid dienone is 1. The number of hydrogen-bond acceptors (Lipinski definition) is 8. The highest BCUT2D eigenvalue weighted by atomic mass is 16.6. The first-order valence-electron chi connectivity index (χ1n) is 9.12. The number of rotatable bonds is 7. The van der Waals surface area contributed by atoms with E-state index in [1.807, 2.05) is 6.07 Å². The number of nitro benzene ring substituents is 1. The van der Waals surface area contributed by atoms with Crippen molar-refractivity contribution in [3.05, 3.63) is 50.5 Å². The Hall–Kier alpha value is -3.74. The molecule has 0 amide bonds. The number of nitrogens with zero attached hydrogens (tertiary/aromatic N) is 3. The van der Waals surface area contributed by atoms with Crippen molar-refractivity contribution in [2.24, 2.45) is 5.73 Å². The number of unbranched alkanes of at least 4 members (excludes halogenated alkanes) is 2. The molecule has 152 valence electrons. The number of nitrogens with two attached hydrogens (primary N) is 1. The van der Waals surface area contributed by atoms with Gasteiger partial charge in [0.1, 0.15) is 11.6 Å². The molecule has 1 unspecified atom stereocenters. The van der Waals surface area contributed by atoms with E-state index in [2.05, 4.69) is 17.1 Å². The zero-order chi connectivity index (χ0) is 21.1. The molecule has 0 aliphatic carbocycles. The van der Waals surface area contributed by atoms with Crippen LogP contribution in [0.2, 0.25) is 0 Å². The highest BCUT2D eigenvalue weighted by Crippen LogP contribution is 2.47. The summed E-state index contributed by atoms with van der Waals surface area (Å²) in [6.45, 7) is 2.09. The lowest BCUT2D eigenvalue weighted by Crippen LogP contribution is -2.21. The second-order valence-electron chi connectivity index (χ2n) is 6.65. The van der Waals surface area contributed by atoms with Gasteiger partial charge in [-0.1, -0.05) is 19.8 Å². The predicted molar refractivity (Wildman–Crippen MR) is 102 cm³/mol. The number of nitro groups is 1. The second-order valence-corrected chi connectivity index (χ2v) is 6.65. The van der Waals surface area contributed by atoms with E-state index >= 15 is 0 Å². The molecule has 1 aromatic heterocycles.